The van der Waals surface area contributed by atoms with Crippen molar-refractivity contribution >= 4 is 12.0 Å². The molecule has 17 heavy (non-hydrogen) atoms. The van der Waals surface area contributed by atoms with E-state index >= 15 is 0 Å². The van der Waals surface area contributed by atoms with Gasteiger partial charge in [0.05, 0.1) is 0 Å². The predicted octanol–water partition coefficient (Wildman–Crippen LogP) is 1.68. The molecule has 0 aliphatic heterocycles. The molecule has 0 saturated heterocycles. The monoisotopic (exact) mass is 242 g/mol. The molecule has 2 amide bonds. The molecule has 1 saturated carbocycles. The minimum atomic E-state index is -0.968. The van der Waals surface area contributed by atoms with Gasteiger partial charge in [-0.05, 0) is 32.1 Å². The molecule has 0 aromatic carbocycles. The average Bonchev–Trinajstić information content (AvgIpc) is 2.13. The van der Waals surface area contributed by atoms with Crippen molar-refractivity contribution < 1.29 is 14.7 Å². The quantitative estimate of drug-likeness (QED) is 0.744. The molecule has 2 N–H and O–H groups in total. The third kappa shape index (κ3) is 4.24. The minimum absolute atomic E-state index is 0.143. The summed E-state index contributed by atoms with van der Waals surface area (Å²) in [7, 11) is 0. The van der Waals surface area contributed by atoms with Crippen molar-refractivity contribution in [2.24, 2.45) is 5.92 Å². The molecule has 98 valence electrons. The fraction of sp³-hybridized carbons (Fsp3) is 0.833. The Morgan fingerprint density at radius 2 is 2.12 bits per heavy atom. The third-order valence-corrected chi connectivity index (χ3v) is 3.31. The lowest BCUT2D eigenvalue weighted by molar-refractivity contribution is -0.137. The Balaban J connectivity index is 2.42. The van der Waals surface area contributed by atoms with E-state index < -0.39 is 5.97 Å². The number of aliphatic carboxylic acids is 1. The molecule has 1 aliphatic rings. The number of carboxylic acid groups (broad SMARTS) is 1. The van der Waals surface area contributed by atoms with E-state index in [1.807, 2.05) is 13.8 Å². The largest absolute Gasteiger partial charge is 0.480 e. The number of nitrogens with one attached hydrogen (secondary N) is 1. The first kappa shape index (κ1) is 13.8. The van der Waals surface area contributed by atoms with Gasteiger partial charge in [-0.3, -0.25) is 4.79 Å². The van der Waals surface area contributed by atoms with Gasteiger partial charge in [-0.25, -0.2) is 4.79 Å². The molecule has 0 bridgehead atoms. The first-order valence-electron chi connectivity index (χ1n) is 6.31. The van der Waals surface area contributed by atoms with E-state index in [-0.39, 0.29) is 18.6 Å². The summed E-state index contributed by atoms with van der Waals surface area (Å²) in [5, 5.41) is 11.6. The zero-order chi connectivity index (χ0) is 12.8. The van der Waals surface area contributed by atoms with Crippen molar-refractivity contribution in [2.45, 2.75) is 45.6 Å². The zero-order valence-electron chi connectivity index (χ0n) is 10.6. The number of amides is 2. The van der Waals surface area contributed by atoms with E-state index in [1.165, 1.54) is 11.3 Å². The van der Waals surface area contributed by atoms with Crippen LogP contribution in [0.3, 0.4) is 0 Å². The predicted molar refractivity (Wildman–Crippen MR) is 64.8 cm³/mol. The SMILES string of the molecule is CCCN(CC(=O)O)C(=O)NC(C)C1CCC1. The van der Waals surface area contributed by atoms with Gasteiger partial charge < -0.3 is 15.3 Å². The smallest absolute Gasteiger partial charge is 0.323 e. The molecule has 5 heteroatoms. The Morgan fingerprint density at radius 1 is 1.47 bits per heavy atom. The van der Waals surface area contributed by atoms with E-state index in [4.69, 9.17) is 5.11 Å². The normalized spacial score (nSPS) is 17.1. The van der Waals surface area contributed by atoms with Crippen LogP contribution in [0, 0.1) is 5.92 Å². The number of urea groups is 1. The first-order chi connectivity index (χ1) is 8.04. The molecule has 1 aliphatic carbocycles. The number of hydrogen-bond acceptors (Lipinski definition) is 2. The lowest BCUT2D eigenvalue weighted by atomic mass is 9.80. The van der Waals surface area contributed by atoms with E-state index in [2.05, 4.69) is 5.32 Å². The highest BCUT2D eigenvalue weighted by Gasteiger charge is 2.26. The van der Waals surface area contributed by atoms with Gasteiger partial charge in [0, 0.05) is 12.6 Å². The van der Waals surface area contributed by atoms with Gasteiger partial charge in [0.15, 0.2) is 0 Å². The van der Waals surface area contributed by atoms with Gasteiger partial charge in [-0.2, -0.15) is 0 Å². The summed E-state index contributed by atoms with van der Waals surface area (Å²) >= 11 is 0. The Labute approximate surface area is 102 Å². The molecule has 1 unspecified atom stereocenters. The third-order valence-electron chi connectivity index (χ3n) is 3.31. The van der Waals surface area contributed by atoms with Gasteiger partial charge in [0.1, 0.15) is 6.54 Å². The number of carbonyl (C=O) groups excluding carboxylic acids is 1. The Morgan fingerprint density at radius 3 is 2.53 bits per heavy atom. The fourth-order valence-electron chi connectivity index (χ4n) is 2.03. The van der Waals surface area contributed by atoms with Crippen LogP contribution in [0.5, 0.6) is 0 Å². The fourth-order valence-corrected chi connectivity index (χ4v) is 2.03. The summed E-state index contributed by atoms with van der Waals surface area (Å²) in [5.74, 6) is -0.405. The maximum Gasteiger partial charge on any atom is 0.323 e. The van der Waals surface area contributed by atoms with Crippen LogP contribution in [0.2, 0.25) is 0 Å². The number of nitrogens with zero attached hydrogens (tertiary/aromatic N) is 1. The second-order valence-corrected chi connectivity index (χ2v) is 4.74. The van der Waals surface area contributed by atoms with Crippen LogP contribution in [0.1, 0.15) is 39.5 Å². The number of carboxylic acids is 1. The van der Waals surface area contributed by atoms with Crippen LogP contribution in [-0.4, -0.2) is 41.1 Å². The van der Waals surface area contributed by atoms with Crippen molar-refractivity contribution in [2.75, 3.05) is 13.1 Å². The van der Waals surface area contributed by atoms with E-state index in [0.29, 0.717) is 12.5 Å². The molecule has 1 fully saturated rings. The molecule has 0 aromatic rings. The Bertz CT molecular complexity index is 277. The highest BCUT2D eigenvalue weighted by molar-refractivity contribution is 5.80. The van der Waals surface area contributed by atoms with E-state index in [1.54, 1.807) is 0 Å². The van der Waals surface area contributed by atoms with Crippen LogP contribution >= 0.6 is 0 Å². The van der Waals surface area contributed by atoms with Gasteiger partial charge in [0.25, 0.3) is 0 Å². The van der Waals surface area contributed by atoms with Gasteiger partial charge >= 0.3 is 12.0 Å². The van der Waals surface area contributed by atoms with Crippen molar-refractivity contribution in [3.05, 3.63) is 0 Å². The van der Waals surface area contributed by atoms with Crippen LogP contribution < -0.4 is 5.32 Å². The van der Waals surface area contributed by atoms with E-state index in [0.717, 1.165) is 19.3 Å². The van der Waals surface area contributed by atoms with Gasteiger partial charge in [-0.1, -0.05) is 13.3 Å². The maximum atomic E-state index is 11.9. The summed E-state index contributed by atoms with van der Waals surface area (Å²) < 4.78 is 0. The van der Waals surface area contributed by atoms with Gasteiger partial charge in [0.2, 0.25) is 0 Å². The number of carbonyl (C=O) groups is 2. The average molecular weight is 242 g/mol. The molecule has 0 spiro atoms. The maximum absolute atomic E-state index is 11.9. The lowest BCUT2D eigenvalue weighted by Crippen LogP contribution is -2.49. The first-order valence-corrected chi connectivity index (χ1v) is 6.31. The number of hydrogen-bond donors (Lipinski definition) is 2. The number of rotatable bonds is 6. The van der Waals surface area contributed by atoms with Crippen molar-refractivity contribution in [1.29, 1.82) is 0 Å². The van der Waals surface area contributed by atoms with Gasteiger partial charge in [-0.15, -0.1) is 0 Å². The van der Waals surface area contributed by atoms with Crippen molar-refractivity contribution in [1.82, 2.24) is 10.2 Å². The molecule has 0 aromatic heterocycles. The summed E-state index contributed by atoms with van der Waals surface area (Å²) in [6.07, 6.45) is 4.32. The standard InChI is InChI=1S/C12H22N2O3/c1-3-7-14(8-11(15)16)12(17)13-9(2)10-5-4-6-10/h9-10H,3-8H2,1-2H3,(H,13,17)(H,15,16). The molecule has 0 heterocycles. The minimum Gasteiger partial charge on any atom is -0.480 e. The highest BCUT2D eigenvalue weighted by Crippen LogP contribution is 2.29. The second kappa shape index (κ2) is 6.47. The van der Waals surface area contributed by atoms with Crippen LogP contribution in [-0.2, 0) is 4.79 Å². The molecule has 1 rings (SSSR count). The van der Waals surface area contributed by atoms with E-state index in [9.17, 15) is 9.59 Å². The molecular weight excluding hydrogens is 220 g/mol. The van der Waals surface area contributed by atoms with Crippen LogP contribution in [0.4, 0.5) is 4.79 Å². The van der Waals surface area contributed by atoms with Crippen LogP contribution in [0.25, 0.3) is 0 Å². The Kier molecular flexibility index (Phi) is 5.25. The lowest BCUT2D eigenvalue weighted by Gasteiger charge is -2.33. The molecule has 0 radical (unpaired) electrons. The molecule has 5 nitrogen and oxygen atoms in total. The topological polar surface area (TPSA) is 69.6 Å². The summed E-state index contributed by atoms with van der Waals surface area (Å²) in [4.78, 5) is 23.9. The summed E-state index contributed by atoms with van der Waals surface area (Å²) in [5.41, 5.74) is 0. The zero-order valence-corrected chi connectivity index (χ0v) is 10.6. The molecular formula is C12H22N2O3. The Hall–Kier alpha value is -1.26. The summed E-state index contributed by atoms with van der Waals surface area (Å²) in [6.45, 7) is 4.18. The van der Waals surface area contributed by atoms with Crippen molar-refractivity contribution in [3.8, 4) is 0 Å². The van der Waals surface area contributed by atoms with Crippen LogP contribution in [0.15, 0.2) is 0 Å². The highest BCUT2D eigenvalue weighted by atomic mass is 16.4. The molecule has 1 atom stereocenters. The second-order valence-electron chi connectivity index (χ2n) is 4.74. The van der Waals surface area contributed by atoms with Crippen molar-refractivity contribution in [3.63, 3.8) is 0 Å². The summed E-state index contributed by atoms with van der Waals surface area (Å²) in [6, 6.07) is -0.113.